The van der Waals surface area contributed by atoms with Crippen LogP contribution in [0.2, 0.25) is 0 Å². The Morgan fingerprint density at radius 3 is 2.22 bits per heavy atom. The van der Waals surface area contributed by atoms with Gasteiger partial charge in [-0.05, 0) is 59.5 Å². The fourth-order valence-corrected chi connectivity index (χ4v) is 4.35. The molecule has 9 heteroatoms. The van der Waals surface area contributed by atoms with Gasteiger partial charge in [0.15, 0.2) is 0 Å². The molecule has 1 amide bonds. The second-order valence-electron chi connectivity index (χ2n) is 8.55. The Bertz CT molecular complexity index is 1340. The number of benzene rings is 3. The van der Waals surface area contributed by atoms with Crippen LogP contribution in [0.15, 0.2) is 72.8 Å². The van der Waals surface area contributed by atoms with Gasteiger partial charge in [0.05, 0.1) is 32.7 Å². The van der Waals surface area contributed by atoms with Gasteiger partial charge in [-0.3, -0.25) is 10.1 Å². The van der Waals surface area contributed by atoms with Crippen LogP contribution in [0.5, 0.6) is 11.5 Å². The summed E-state index contributed by atoms with van der Waals surface area (Å²) >= 11 is 0. The largest absolute Gasteiger partial charge is 0.497 e. The van der Waals surface area contributed by atoms with E-state index in [4.69, 9.17) is 9.47 Å². The van der Waals surface area contributed by atoms with Gasteiger partial charge in [0.1, 0.15) is 17.3 Å². The Labute approximate surface area is 208 Å². The Morgan fingerprint density at radius 1 is 0.972 bits per heavy atom. The first-order valence-corrected chi connectivity index (χ1v) is 11.6. The molecular weight excluding hydrogens is 461 g/mol. The van der Waals surface area contributed by atoms with Crippen molar-refractivity contribution < 1.29 is 18.7 Å². The van der Waals surface area contributed by atoms with Gasteiger partial charge < -0.3 is 14.8 Å². The lowest BCUT2D eigenvalue weighted by molar-refractivity contribution is -0.115. The maximum absolute atomic E-state index is 13.6. The third-order valence-corrected chi connectivity index (χ3v) is 6.24. The van der Waals surface area contributed by atoms with Gasteiger partial charge in [-0.1, -0.05) is 36.4 Å². The number of halogens is 1. The van der Waals surface area contributed by atoms with Crippen LogP contribution in [-0.2, 0) is 11.2 Å². The summed E-state index contributed by atoms with van der Waals surface area (Å²) in [4.78, 5) is 17.2. The number of methoxy groups -OCH3 is 2. The highest BCUT2D eigenvalue weighted by atomic mass is 19.1. The molecule has 0 fully saturated rings. The van der Waals surface area contributed by atoms with E-state index in [9.17, 15) is 9.18 Å². The second kappa shape index (κ2) is 10.1. The SMILES string of the molecule is COc1ccc(CC(=O)Nc2nc3n(n2)[C@H](c2ccc(F)cc2)C[C@H](c2ccc(OC)cc2)N3)cc1. The summed E-state index contributed by atoms with van der Waals surface area (Å²) in [5.74, 6) is 1.70. The molecule has 1 aliphatic rings. The fourth-order valence-electron chi connectivity index (χ4n) is 4.35. The molecule has 0 unspecified atom stereocenters. The van der Waals surface area contributed by atoms with E-state index in [-0.39, 0.29) is 36.2 Å². The summed E-state index contributed by atoms with van der Waals surface area (Å²) in [5.41, 5.74) is 2.81. The lowest BCUT2D eigenvalue weighted by Crippen LogP contribution is -2.28. The number of amides is 1. The average molecular weight is 488 g/mol. The molecule has 1 aromatic heterocycles. The molecule has 184 valence electrons. The number of hydrogen-bond acceptors (Lipinski definition) is 6. The molecule has 3 aromatic carbocycles. The standard InChI is InChI=1S/C27H26FN5O3/c1-35-21-11-3-17(4-12-21)15-25(34)30-26-31-27-29-23(18-7-13-22(36-2)14-8-18)16-24(33(27)32-26)19-5-9-20(28)10-6-19/h3-14,23-24H,15-16H2,1-2H3,(H2,29,30,31,32,34)/t23-,24+/m1/s1. The highest BCUT2D eigenvalue weighted by Gasteiger charge is 2.31. The number of carbonyl (C=O) groups excluding carboxylic acids is 1. The Hall–Kier alpha value is -4.40. The monoisotopic (exact) mass is 487 g/mol. The van der Waals surface area contributed by atoms with Crippen molar-refractivity contribution in [2.24, 2.45) is 0 Å². The second-order valence-corrected chi connectivity index (χ2v) is 8.55. The first kappa shape index (κ1) is 23.3. The average Bonchev–Trinajstić information content (AvgIpc) is 3.31. The highest BCUT2D eigenvalue weighted by molar-refractivity contribution is 5.90. The van der Waals surface area contributed by atoms with Crippen LogP contribution < -0.4 is 20.1 Å². The van der Waals surface area contributed by atoms with E-state index >= 15 is 0 Å². The molecule has 2 atom stereocenters. The van der Waals surface area contributed by atoms with Gasteiger partial charge in [-0.25, -0.2) is 9.07 Å². The van der Waals surface area contributed by atoms with Crippen molar-refractivity contribution in [1.82, 2.24) is 14.8 Å². The van der Waals surface area contributed by atoms with Crippen molar-refractivity contribution in [2.45, 2.75) is 24.9 Å². The predicted octanol–water partition coefficient (Wildman–Crippen LogP) is 4.76. The minimum absolute atomic E-state index is 0.0643. The van der Waals surface area contributed by atoms with Crippen molar-refractivity contribution in [2.75, 3.05) is 24.9 Å². The number of carbonyl (C=O) groups is 1. The van der Waals surface area contributed by atoms with E-state index in [1.165, 1.54) is 12.1 Å². The van der Waals surface area contributed by atoms with Crippen LogP contribution in [0.25, 0.3) is 0 Å². The Morgan fingerprint density at radius 2 is 1.58 bits per heavy atom. The molecule has 0 bridgehead atoms. The van der Waals surface area contributed by atoms with Crippen LogP contribution in [0.1, 0.15) is 35.2 Å². The number of rotatable bonds is 7. The van der Waals surface area contributed by atoms with E-state index < -0.39 is 0 Å². The maximum atomic E-state index is 13.6. The molecular formula is C27H26FN5O3. The van der Waals surface area contributed by atoms with Gasteiger partial charge in [-0.15, -0.1) is 5.10 Å². The van der Waals surface area contributed by atoms with Gasteiger partial charge in [0.2, 0.25) is 11.9 Å². The number of hydrogen-bond donors (Lipinski definition) is 2. The molecule has 0 saturated heterocycles. The fraction of sp³-hybridized carbons (Fsp3) is 0.222. The first-order valence-electron chi connectivity index (χ1n) is 11.6. The molecule has 2 heterocycles. The minimum atomic E-state index is -0.301. The summed E-state index contributed by atoms with van der Waals surface area (Å²) < 4.78 is 25.8. The summed E-state index contributed by atoms with van der Waals surface area (Å²) in [5, 5.41) is 10.8. The smallest absolute Gasteiger partial charge is 0.250 e. The van der Waals surface area contributed by atoms with Gasteiger partial charge in [0.25, 0.3) is 5.95 Å². The molecule has 0 spiro atoms. The Kier molecular flexibility index (Phi) is 6.53. The summed E-state index contributed by atoms with van der Waals surface area (Å²) in [7, 11) is 3.23. The van der Waals surface area contributed by atoms with Crippen molar-refractivity contribution in [3.63, 3.8) is 0 Å². The van der Waals surface area contributed by atoms with Gasteiger partial charge >= 0.3 is 0 Å². The van der Waals surface area contributed by atoms with E-state index in [0.29, 0.717) is 12.4 Å². The predicted molar refractivity (Wildman–Crippen MR) is 134 cm³/mol. The third-order valence-electron chi connectivity index (χ3n) is 6.24. The third kappa shape index (κ3) is 5.00. The van der Waals surface area contributed by atoms with E-state index in [0.717, 1.165) is 28.2 Å². The van der Waals surface area contributed by atoms with Gasteiger partial charge in [-0.2, -0.15) is 4.98 Å². The molecule has 8 nitrogen and oxygen atoms in total. The molecule has 2 N–H and O–H groups in total. The summed E-state index contributed by atoms with van der Waals surface area (Å²) in [6.07, 6.45) is 0.838. The number of anilines is 2. The van der Waals surface area contributed by atoms with Crippen molar-refractivity contribution >= 4 is 17.8 Å². The number of nitrogens with zero attached hydrogens (tertiary/aromatic N) is 3. The minimum Gasteiger partial charge on any atom is -0.497 e. The molecule has 1 aliphatic heterocycles. The van der Waals surface area contributed by atoms with Gasteiger partial charge in [0, 0.05) is 0 Å². The lowest BCUT2D eigenvalue weighted by atomic mass is 9.93. The maximum Gasteiger partial charge on any atom is 0.250 e. The topological polar surface area (TPSA) is 90.3 Å². The van der Waals surface area contributed by atoms with Crippen LogP contribution in [0.4, 0.5) is 16.3 Å². The van der Waals surface area contributed by atoms with E-state index in [1.54, 1.807) is 31.0 Å². The van der Waals surface area contributed by atoms with E-state index in [2.05, 4.69) is 20.7 Å². The number of ether oxygens (including phenoxy) is 2. The quantitative estimate of drug-likeness (QED) is 0.391. The molecule has 4 aromatic rings. The van der Waals surface area contributed by atoms with Crippen LogP contribution in [-0.4, -0.2) is 34.9 Å². The zero-order valence-electron chi connectivity index (χ0n) is 19.9. The van der Waals surface area contributed by atoms with Crippen LogP contribution in [0.3, 0.4) is 0 Å². The molecule has 5 rings (SSSR count). The van der Waals surface area contributed by atoms with Crippen molar-refractivity contribution in [3.05, 3.63) is 95.3 Å². The summed E-state index contributed by atoms with van der Waals surface area (Å²) in [6.45, 7) is 0. The van der Waals surface area contributed by atoms with Crippen LogP contribution in [0, 0.1) is 5.82 Å². The highest BCUT2D eigenvalue weighted by Crippen LogP contribution is 2.38. The molecule has 0 aliphatic carbocycles. The Balaban J connectivity index is 1.39. The summed E-state index contributed by atoms with van der Waals surface area (Å²) in [6, 6.07) is 21.3. The first-order chi connectivity index (χ1) is 17.5. The van der Waals surface area contributed by atoms with E-state index in [1.807, 2.05) is 48.5 Å². The normalized spacial score (nSPS) is 16.5. The number of aromatic nitrogens is 3. The number of nitrogens with one attached hydrogen (secondary N) is 2. The lowest BCUT2D eigenvalue weighted by Gasteiger charge is -2.31. The zero-order chi connectivity index (χ0) is 25.1. The van der Waals surface area contributed by atoms with Crippen LogP contribution >= 0.6 is 0 Å². The molecule has 36 heavy (non-hydrogen) atoms. The molecule has 0 radical (unpaired) electrons. The van der Waals surface area contributed by atoms with Crippen molar-refractivity contribution in [1.29, 1.82) is 0 Å². The molecule has 0 saturated carbocycles. The van der Waals surface area contributed by atoms with Crippen molar-refractivity contribution in [3.8, 4) is 11.5 Å². The zero-order valence-corrected chi connectivity index (χ0v) is 19.9. The number of fused-ring (bicyclic) bond motifs is 1.